The fourth-order valence-electron chi connectivity index (χ4n) is 2.01. The minimum absolute atomic E-state index is 0.228. The van der Waals surface area contributed by atoms with Crippen LogP contribution in [0.4, 0.5) is 0 Å². The van der Waals surface area contributed by atoms with Gasteiger partial charge in [0.15, 0.2) is 5.82 Å². The van der Waals surface area contributed by atoms with Gasteiger partial charge in [0.1, 0.15) is 5.41 Å². The quantitative estimate of drug-likeness (QED) is 0.710. The molecule has 0 bridgehead atoms. The van der Waals surface area contributed by atoms with Crippen LogP contribution in [0.5, 0.6) is 0 Å². The number of esters is 1. The smallest absolute Gasteiger partial charge is 0.321 e. The van der Waals surface area contributed by atoms with Gasteiger partial charge in [0.2, 0.25) is 5.89 Å². The molecule has 1 aromatic rings. The SMILES string of the molecule is CCOC(=O)C(CC)(CC)c1nc(C(C)CC)no1. The number of nitrogens with zero attached hydrogens (tertiary/aromatic N) is 2. The molecule has 0 N–H and O–H groups in total. The van der Waals surface area contributed by atoms with Crippen LogP contribution in [0.15, 0.2) is 4.52 Å². The lowest BCUT2D eigenvalue weighted by atomic mass is 9.82. The predicted molar refractivity (Wildman–Crippen MR) is 71.9 cm³/mol. The molecule has 0 saturated heterocycles. The third kappa shape index (κ3) is 2.96. The lowest BCUT2D eigenvalue weighted by Gasteiger charge is -2.24. The Morgan fingerprint density at radius 2 is 1.95 bits per heavy atom. The van der Waals surface area contributed by atoms with Gasteiger partial charge in [-0.15, -0.1) is 0 Å². The van der Waals surface area contributed by atoms with Crippen LogP contribution in [0, 0.1) is 0 Å². The summed E-state index contributed by atoms with van der Waals surface area (Å²) in [5, 5.41) is 4.00. The molecule has 0 aromatic carbocycles. The number of rotatable bonds is 7. The van der Waals surface area contributed by atoms with Gasteiger partial charge in [0.25, 0.3) is 0 Å². The Morgan fingerprint density at radius 1 is 1.32 bits per heavy atom. The molecule has 0 radical (unpaired) electrons. The van der Waals surface area contributed by atoms with E-state index in [1.165, 1.54) is 0 Å². The molecule has 0 aliphatic rings. The predicted octanol–water partition coefficient (Wildman–Crippen LogP) is 3.20. The summed E-state index contributed by atoms with van der Waals surface area (Å²) < 4.78 is 10.5. The van der Waals surface area contributed by atoms with Gasteiger partial charge in [-0.25, -0.2) is 0 Å². The minimum atomic E-state index is -0.811. The van der Waals surface area contributed by atoms with E-state index in [0.717, 1.165) is 6.42 Å². The maximum atomic E-state index is 12.2. The van der Waals surface area contributed by atoms with Crippen LogP contribution in [0.2, 0.25) is 0 Å². The summed E-state index contributed by atoms with van der Waals surface area (Å²) >= 11 is 0. The topological polar surface area (TPSA) is 65.2 Å². The molecule has 108 valence electrons. The summed E-state index contributed by atoms with van der Waals surface area (Å²) in [7, 11) is 0. The molecule has 1 rings (SSSR count). The number of carbonyl (C=O) groups is 1. The van der Waals surface area contributed by atoms with Crippen molar-refractivity contribution in [2.45, 2.75) is 65.2 Å². The highest BCUT2D eigenvalue weighted by Gasteiger charge is 2.44. The Balaban J connectivity index is 3.12. The van der Waals surface area contributed by atoms with Crippen molar-refractivity contribution >= 4 is 5.97 Å². The summed E-state index contributed by atoms with van der Waals surface area (Å²) in [6.45, 7) is 10.1. The first-order valence-corrected chi connectivity index (χ1v) is 7.06. The summed E-state index contributed by atoms with van der Waals surface area (Å²) in [5.74, 6) is 0.991. The van der Waals surface area contributed by atoms with Gasteiger partial charge >= 0.3 is 5.97 Å². The fraction of sp³-hybridized carbons (Fsp3) is 0.786. The summed E-state index contributed by atoms with van der Waals surface area (Å²) in [6.07, 6.45) is 2.11. The minimum Gasteiger partial charge on any atom is -0.465 e. The van der Waals surface area contributed by atoms with Crippen molar-refractivity contribution in [1.29, 1.82) is 0 Å². The van der Waals surface area contributed by atoms with E-state index in [-0.39, 0.29) is 11.9 Å². The van der Waals surface area contributed by atoms with E-state index < -0.39 is 5.41 Å². The van der Waals surface area contributed by atoms with Crippen LogP contribution in [0.1, 0.15) is 71.5 Å². The number of aromatic nitrogens is 2. The third-order valence-corrected chi connectivity index (χ3v) is 3.78. The largest absolute Gasteiger partial charge is 0.465 e. The van der Waals surface area contributed by atoms with Crippen LogP contribution in [0.3, 0.4) is 0 Å². The maximum absolute atomic E-state index is 12.2. The molecular weight excluding hydrogens is 244 g/mol. The van der Waals surface area contributed by atoms with Crippen molar-refractivity contribution in [2.24, 2.45) is 0 Å². The lowest BCUT2D eigenvalue weighted by Crippen LogP contribution is -2.37. The van der Waals surface area contributed by atoms with Crippen molar-refractivity contribution in [1.82, 2.24) is 10.1 Å². The lowest BCUT2D eigenvalue weighted by molar-refractivity contribution is -0.151. The Labute approximate surface area is 114 Å². The highest BCUT2D eigenvalue weighted by Crippen LogP contribution is 2.33. The van der Waals surface area contributed by atoms with Crippen LogP contribution >= 0.6 is 0 Å². The van der Waals surface area contributed by atoms with Gasteiger partial charge in [-0.1, -0.05) is 32.9 Å². The summed E-state index contributed by atoms with van der Waals surface area (Å²) in [5.41, 5.74) is -0.811. The Bertz CT molecular complexity index is 411. The van der Waals surface area contributed by atoms with E-state index in [2.05, 4.69) is 17.1 Å². The van der Waals surface area contributed by atoms with E-state index in [9.17, 15) is 4.79 Å². The second-order valence-electron chi connectivity index (χ2n) is 4.78. The molecule has 0 amide bonds. The molecule has 1 heterocycles. The normalized spacial score (nSPS) is 13.3. The second kappa shape index (κ2) is 6.68. The zero-order chi connectivity index (χ0) is 14.5. The van der Waals surface area contributed by atoms with Crippen molar-refractivity contribution < 1.29 is 14.1 Å². The van der Waals surface area contributed by atoms with Gasteiger partial charge in [-0.05, 0) is 26.2 Å². The molecule has 0 aliphatic carbocycles. The fourth-order valence-corrected chi connectivity index (χ4v) is 2.01. The van der Waals surface area contributed by atoms with E-state index in [0.29, 0.717) is 31.2 Å². The molecule has 19 heavy (non-hydrogen) atoms. The van der Waals surface area contributed by atoms with Crippen molar-refractivity contribution in [3.8, 4) is 0 Å². The Morgan fingerprint density at radius 3 is 2.42 bits per heavy atom. The maximum Gasteiger partial charge on any atom is 0.321 e. The molecule has 1 unspecified atom stereocenters. The number of hydrogen-bond donors (Lipinski definition) is 0. The monoisotopic (exact) mass is 268 g/mol. The van der Waals surface area contributed by atoms with E-state index in [1.54, 1.807) is 6.92 Å². The summed E-state index contributed by atoms with van der Waals surface area (Å²) in [6, 6.07) is 0. The zero-order valence-corrected chi connectivity index (χ0v) is 12.5. The van der Waals surface area contributed by atoms with Crippen molar-refractivity contribution in [3.63, 3.8) is 0 Å². The first kappa shape index (κ1) is 15.7. The molecule has 0 aliphatic heterocycles. The molecular formula is C14H24N2O3. The highest BCUT2D eigenvalue weighted by molar-refractivity contribution is 5.81. The highest BCUT2D eigenvalue weighted by atomic mass is 16.5. The molecule has 0 spiro atoms. The van der Waals surface area contributed by atoms with Crippen molar-refractivity contribution in [2.75, 3.05) is 6.61 Å². The van der Waals surface area contributed by atoms with Gasteiger partial charge in [0.05, 0.1) is 6.61 Å². The van der Waals surface area contributed by atoms with Gasteiger partial charge < -0.3 is 9.26 Å². The van der Waals surface area contributed by atoms with E-state index in [4.69, 9.17) is 9.26 Å². The van der Waals surface area contributed by atoms with E-state index in [1.807, 2.05) is 20.8 Å². The second-order valence-corrected chi connectivity index (χ2v) is 4.78. The number of carbonyl (C=O) groups excluding carboxylic acids is 1. The standard InChI is InChI=1S/C14H24N2O3/c1-6-10(5)11-15-12(19-16-11)14(7-2,8-3)13(17)18-9-4/h10H,6-9H2,1-5H3. The van der Waals surface area contributed by atoms with Crippen LogP contribution in [0.25, 0.3) is 0 Å². The average Bonchev–Trinajstić information content (AvgIpc) is 2.90. The molecule has 1 atom stereocenters. The van der Waals surface area contributed by atoms with Gasteiger partial charge in [0, 0.05) is 5.92 Å². The average molecular weight is 268 g/mol. The Hall–Kier alpha value is -1.39. The van der Waals surface area contributed by atoms with E-state index >= 15 is 0 Å². The van der Waals surface area contributed by atoms with Crippen LogP contribution < -0.4 is 0 Å². The van der Waals surface area contributed by atoms with Crippen LogP contribution in [-0.4, -0.2) is 22.7 Å². The van der Waals surface area contributed by atoms with Gasteiger partial charge in [-0.2, -0.15) is 4.98 Å². The zero-order valence-electron chi connectivity index (χ0n) is 12.5. The molecule has 5 heteroatoms. The first-order chi connectivity index (χ1) is 9.05. The molecule has 0 fully saturated rings. The number of ether oxygens (including phenoxy) is 1. The number of hydrogen-bond acceptors (Lipinski definition) is 5. The molecule has 1 aromatic heterocycles. The Kier molecular flexibility index (Phi) is 5.51. The molecule has 0 saturated carbocycles. The first-order valence-electron chi connectivity index (χ1n) is 7.06. The summed E-state index contributed by atoms with van der Waals surface area (Å²) in [4.78, 5) is 16.6. The van der Waals surface area contributed by atoms with Crippen LogP contribution in [-0.2, 0) is 14.9 Å². The molecule has 5 nitrogen and oxygen atoms in total. The third-order valence-electron chi connectivity index (χ3n) is 3.78. The van der Waals surface area contributed by atoms with Gasteiger partial charge in [-0.3, -0.25) is 4.79 Å². The van der Waals surface area contributed by atoms with Crippen molar-refractivity contribution in [3.05, 3.63) is 11.7 Å².